The monoisotopic (exact) mass is 431 g/mol. The lowest BCUT2D eigenvalue weighted by atomic mass is 9.77. The molecule has 0 unspecified atom stereocenters. The molecule has 1 aromatic carbocycles. The highest BCUT2D eigenvalue weighted by Gasteiger charge is 2.37. The minimum Gasteiger partial charge on any atom is -0.478 e. The molecule has 0 aromatic heterocycles. The molecule has 0 heterocycles. The number of nitrogens with zero attached hydrogens (tertiary/aromatic N) is 1. The summed E-state index contributed by atoms with van der Waals surface area (Å²) in [6.07, 6.45) is 1.58. The van der Waals surface area contributed by atoms with Crippen LogP contribution in [-0.4, -0.2) is 60.0 Å². The number of hydrogen-bond acceptors (Lipinski definition) is 4. The van der Waals surface area contributed by atoms with E-state index in [1.807, 2.05) is 58.0 Å². The van der Waals surface area contributed by atoms with Gasteiger partial charge in [0.1, 0.15) is 6.04 Å². The highest BCUT2D eigenvalue weighted by molar-refractivity contribution is 5.91. The number of carbonyl (C=O) groups excluding carboxylic acids is 2. The quantitative estimate of drug-likeness (QED) is 0.495. The second-order valence-electron chi connectivity index (χ2n) is 8.88. The second kappa shape index (κ2) is 11.1. The van der Waals surface area contributed by atoms with Gasteiger partial charge in [0.15, 0.2) is 0 Å². The summed E-state index contributed by atoms with van der Waals surface area (Å²) >= 11 is 0. The van der Waals surface area contributed by atoms with Gasteiger partial charge in [-0.1, -0.05) is 64.1 Å². The van der Waals surface area contributed by atoms with Crippen molar-refractivity contribution in [2.24, 2.45) is 5.92 Å². The average molecular weight is 432 g/mol. The molecule has 0 fully saturated rings. The van der Waals surface area contributed by atoms with Crippen molar-refractivity contribution in [2.75, 3.05) is 14.1 Å². The molecule has 2 amide bonds. The molecule has 0 aliphatic carbocycles. The van der Waals surface area contributed by atoms with Crippen molar-refractivity contribution in [1.82, 2.24) is 15.5 Å². The predicted molar refractivity (Wildman–Crippen MR) is 123 cm³/mol. The summed E-state index contributed by atoms with van der Waals surface area (Å²) in [5.41, 5.74) is 0.681. The van der Waals surface area contributed by atoms with Crippen molar-refractivity contribution in [3.63, 3.8) is 0 Å². The van der Waals surface area contributed by atoms with E-state index >= 15 is 0 Å². The normalized spacial score (nSPS) is 15.2. The van der Waals surface area contributed by atoms with E-state index in [-0.39, 0.29) is 23.3 Å². The second-order valence-corrected chi connectivity index (χ2v) is 8.88. The number of nitrogens with one attached hydrogen (secondary N) is 2. The minimum atomic E-state index is -1.02. The molecule has 3 N–H and O–H groups in total. The summed E-state index contributed by atoms with van der Waals surface area (Å²) < 4.78 is 0. The zero-order chi connectivity index (χ0) is 23.9. The lowest BCUT2D eigenvalue weighted by Gasteiger charge is -2.35. The highest BCUT2D eigenvalue weighted by atomic mass is 16.4. The molecule has 7 nitrogen and oxygen atoms in total. The first kappa shape index (κ1) is 26.4. The van der Waals surface area contributed by atoms with Gasteiger partial charge in [0.05, 0.1) is 12.1 Å². The number of carboxylic acids is 1. The van der Waals surface area contributed by atoms with Crippen molar-refractivity contribution in [3.05, 3.63) is 47.5 Å². The Bertz CT molecular complexity index is 802. The Morgan fingerprint density at radius 1 is 1.10 bits per heavy atom. The lowest BCUT2D eigenvalue weighted by Crippen LogP contribution is -2.58. The minimum absolute atomic E-state index is 0.00761. The van der Waals surface area contributed by atoms with Crippen molar-refractivity contribution < 1.29 is 19.5 Å². The van der Waals surface area contributed by atoms with Crippen LogP contribution in [0.3, 0.4) is 0 Å². The van der Waals surface area contributed by atoms with E-state index < -0.39 is 29.5 Å². The maximum Gasteiger partial charge on any atom is 0.331 e. The van der Waals surface area contributed by atoms with Crippen LogP contribution < -0.4 is 10.6 Å². The van der Waals surface area contributed by atoms with Gasteiger partial charge < -0.3 is 20.6 Å². The van der Waals surface area contributed by atoms with Crippen molar-refractivity contribution >= 4 is 17.8 Å². The van der Waals surface area contributed by atoms with E-state index in [2.05, 4.69) is 10.6 Å². The Morgan fingerprint density at radius 3 is 2.10 bits per heavy atom. The molecule has 0 saturated heterocycles. The van der Waals surface area contributed by atoms with Crippen LogP contribution in [-0.2, 0) is 19.8 Å². The summed E-state index contributed by atoms with van der Waals surface area (Å²) in [6.45, 7) is 11.0. The fourth-order valence-electron chi connectivity index (χ4n) is 3.74. The fourth-order valence-corrected chi connectivity index (χ4v) is 3.74. The number of carbonyl (C=O) groups is 3. The van der Waals surface area contributed by atoms with E-state index in [1.165, 1.54) is 11.8 Å². The van der Waals surface area contributed by atoms with Crippen LogP contribution in [0.1, 0.15) is 47.1 Å². The molecule has 0 radical (unpaired) electrons. The third-order valence-electron chi connectivity index (χ3n) is 5.76. The van der Waals surface area contributed by atoms with Gasteiger partial charge in [0.2, 0.25) is 11.8 Å². The van der Waals surface area contributed by atoms with Crippen molar-refractivity contribution in [3.8, 4) is 0 Å². The van der Waals surface area contributed by atoms with Gasteiger partial charge >= 0.3 is 5.97 Å². The molecule has 0 aliphatic rings. The first-order chi connectivity index (χ1) is 14.3. The molecular formula is C24H37N3O4. The van der Waals surface area contributed by atoms with Crippen LogP contribution in [0.5, 0.6) is 0 Å². The summed E-state index contributed by atoms with van der Waals surface area (Å²) in [4.78, 5) is 38.8. The maximum atomic E-state index is 13.1. The Labute approximate surface area is 185 Å². The maximum absolute atomic E-state index is 13.1. The summed E-state index contributed by atoms with van der Waals surface area (Å²) in [5, 5.41) is 15.1. The molecule has 7 heteroatoms. The van der Waals surface area contributed by atoms with Gasteiger partial charge in [-0.2, -0.15) is 0 Å². The van der Waals surface area contributed by atoms with E-state index in [1.54, 1.807) is 27.1 Å². The number of benzene rings is 1. The first-order valence-electron chi connectivity index (χ1n) is 10.6. The zero-order valence-electron chi connectivity index (χ0n) is 19.9. The van der Waals surface area contributed by atoms with Crippen LogP contribution in [0.15, 0.2) is 42.0 Å². The SMILES string of the molecule is CN[C@H](C(=O)N[C@@H](C)C(=O)N(C)[C@H](/C=C(\C)C(=O)O)C(C)C)C(C)(C)c1ccccc1. The third kappa shape index (κ3) is 6.66. The number of aliphatic carboxylic acids is 1. The van der Waals surface area contributed by atoms with Crippen LogP contribution in [0, 0.1) is 5.92 Å². The summed E-state index contributed by atoms with van der Waals surface area (Å²) in [5.74, 6) is -1.57. The van der Waals surface area contributed by atoms with Crippen LogP contribution in [0.25, 0.3) is 0 Å². The van der Waals surface area contributed by atoms with E-state index in [0.717, 1.165) is 5.56 Å². The van der Waals surface area contributed by atoms with Gasteiger partial charge in [-0.05, 0) is 32.4 Å². The number of hydrogen-bond donors (Lipinski definition) is 3. The Kier molecular flexibility index (Phi) is 9.43. The molecule has 1 aromatic rings. The molecule has 31 heavy (non-hydrogen) atoms. The summed E-state index contributed by atoms with van der Waals surface area (Å²) in [7, 11) is 3.35. The molecule has 0 spiro atoms. The van der Waals surface area contributed by atoms with E-state index in [4.69, 9.17) is 0 Å². The molecule has 172 valence electrons. The number of likely N-dealkylation sites (N-methyl/N-ethyl adjacent to an activating group) is 2. The van der Waals surface area contributed by atoms with Crippen LogP contribution >= 0.6 is 0 Å². The van der Waals surface area contributed by atoms with Gasteiger partial charge in [0.25, 0.3) is 0 Å². The lowest BCUT2D eigenvalue weighted by molar-refractivity contribution is -0.137. The topological polar surface area (TPSA) is 98.7 Å². The van der Waals surface area contributed by atoms with Gasteiger partial charge in [0, 0.05) is 18.0 Å². The van der Waals surface area contributed by atoms with Crippen LogP contribution in [0.2, 0.25) is 0 Å². The summed E-state index contributed by atoms with van der Waals surface area (Å²) in [6, 6.07) is 8.03. The molecular weight excluding hydrogens is 394 g/mol. The average Bonchev–Trinajstić information content (AvgIpc) is 2.71. The first-order valence-corrected chi connectivity index (χ1v) is 10.6. The molecule has 0 saturated carbocycles. The van der Waals surface area contributed by atoms with E-state index in [9.17, 15) is 19.5 Å². The Balaban J connectivity index is 3.00. The fraction of sp³-hybridized carbons (Fsp3) is 0.542. The van der Waals surface area contributed by atoms with Crippen molar-refractivity contribution in [1.29, 1.82) is 0 Å². The number of rotatable bonds is 10. The van der Waals surface area contributed by atoms with Gasteiger partial charge in [-0.15, -0.1) is 0 Å². The standard InChI is InChI=1S/C24H37N3O4/c1-15(2)19(14-16(3)23(30)31)27(8)22(29)17(4)26-21(28)20(25-7)24(5,6)18-12-10-9-11-13-18/h9-15,17,19-20,25H,1-8H3,(H,26,28)(H,30,31)/b16-14+/t17-,19+,20+/m0/s1. The Morgan fingerprint density at radius 2 is 1.65 bits per heavy atom. The number of amides is 2. The zero-order valence-corrected chi connectivity index (χ0v) is 19.9. The molecule has 1 rings (SSSR count). The largest absolute Gasteiger partial charge is 0.478 e. The van der Waals surface area contributed by atoms with Gasteiger partial charge in [-0.25, -0.2) is 4.79 Å². The Hall–Kier alpha value is -2.67. The molecule has 0 bridgehead atoms. The van der Waals surface area contributed by atoms with E-state index in [0.29, 0.717) is 0 Å². The third-order valence-corrected chi connectivity index (χ3v) is 5.76. The predicted octanol–water partition coefficient (Wildman–Crippen LogP) is 2.57. The smallest absolute Gasteiger partial charge is 0.331 e. The molecule has 3 atom stereocenters. The van der Waals surface area contributed by atoms with Crippen LogP contribution in [0.4, 0.5) is 0 Å². The highest BCUT2D eigenvalue weighted by Crippen LogP contribution is 2.27. The molecule has 0 aliphatic heterocycles. The van der Waals surface area contributed by atoms with Crippen molar-refractivity contribution in [2.45, 2.75) is 65.1 Å². The van der Waals surface area contributed by atoms with Gasteiger partial charge in [-0.3, -0.25) is 9.59 Å². The number of carboxylic acid groups (broad SMARTS) is 1.